The Morgan fingerprint density at radius 3 is 2.78 bits per heavy atom. The SMILES string of the molecule is CCCOc1nc(N)c2ncn(C3O[C@H](CO)[C@@H](O)[C@H]3O)c2n1. The number of imidazole rings is 1. The highest BCUT2D eigenvalue weighted by atomic mass is 16.6. The molecule has 10 heteroatoms. The summed E-state index contributed by atoms with van der Waals surface area (Å²) in [7, 11) is 0. The topological polar surface area (TPSA) is 149 Å². The quantitative estimate of drug-likeness (QED) is 0.532. The summed E-state index contributed by atoms with van der Waals surface area (Å²) in [5, 5.41) is 29.2. The van der Waals surface area contributed by atoms with Crippen molar-refractivity contribution in [2.45, 2.75) is 37.9 Å². The number of anilines is 1. The first-order chi connectivity index (χ1) is 11.1. The predicted octanol–water partition coefficient (Wildman–Crippen LogP) is -1.19. The van der Waals surface area contributed by atoms with Gasteiger partial charge in [0.25, 0.3) is 0 Å². The van der Waals surface area contributed by atoms with Crippen molar-refractivity contribution in [2.75, 3.05) is 18.9 Å². The lowest BCUT2D eigenvalue weighted by Crippen LogP contribution is -2.33. The molecule has 10 nitrogen and oxygen atoms in total. The maximum Gasteiger partial charge on any atom is 0.320 e. The van der Waals surface area contributed by atoms with E-state index in [2.05, 4.69) is 15.0 Å². The Balaban J connectivity index is 1.99. The normalized spacial score (nSPS) is 27.7. The number of aliphatic hydroxyl groups is 3. The standard InChI is InChI=1S/C13H19N5O5/c1-2-3-22-13-16-10(14)7-11(17-13)18(5-15-7)12-9(21)8(20)6(4-19)23-12/h5-6,8-9,12,19-21H,2-4H2,1H3,(H2,14,16,17)/t6-,8-,9-,12?/m1/s1. The number of nitrogens with zero attached hydrogens (tertiary/aromatic N) is 4. The molecular formula is C13H19N5O5. The number of aliphatic hydroxyl groups excluding tert-OH is 3. The maximum atomic E-state index is 10.1. The van der Waals surface area contributed by atoms with Crippen LogP contribution in [0.15, 0.2) is 6.33 Å². The van der Waals surface area contributed by atoms with Crippen LogP contribution in [0.25, 0.3) is 11.2 Å². The molecule has 3 heterocycles. The lowest BCUT2D eigenvalue weighted by molar-refractivity contribution is -0.0511. The molecule has 4 atom stereocenters. The highest BCUT2D eigenvalue weighted by Gasteiger charge is 2.44. The van der Waals surface area contributed by atoms with Crippen molar-refractivity contribution in [1.82, 2.24) is 19.5 Å². The van der Waals surface area contributed by atoms with Gasteiger partial charge in [-0.25, -0.2) is 4.98 Å². The Morgan fingerprint density at radius 2 is 2.13 bits per heavy atom. The van der Waals surface area contributed by atoms with Gasteiger partial charge in [-0.05, 0) is 6.42 Å². The van der Waals surface area contributed by atoms with Crippen molar-refractivity contribution in [3.8, 4) is 6.01 Å². The second-order valence-electron chi connectivity index (χ2n) is 5.29. The minimum atomic E-state index is -1.24. The fourth-order valence-corrected chi connectivity index (χ4v) is 2.47. The van der Waals surface area contributed by atoms with Crippen LogP contribution in [0.3, 0.4) is 0 Å². The number of aromatic nitrogens is 4. The maximum absolute atomic E-state index is 10.1. The van der Waals surface area contributed by atoms with Gasteiger partial charge in [-0.1, -0.05) is 6.92 Å². The molecule has 126 valence electrons. The number of hydrogen-bond donors (Lipinski definition) is 4. The largest absolute Gasteiger partial charge is 0.463 e. The molecule has 3 rings (SSSR count). The molecule has 0 bridgehead atoms. The van der Waals surface area contributed by atoms with Gasteiger partial charge in [0.05, 0.1) is 19.5 Å². The van der Waals surface area contributed by atoms with Gasteiger partial charge in [-0.3, -0.25) is 4.57 Å². The second kappa shape index (κ2) is 6.24. The first-order valence-electron chi connectivity index (χ1n) is 7.32. The van der Waals surface area contributed by atoms with E-state index in [1.54, 1.807) is 0 Å². The van der Waals surface area contributed by atoms with Crippen LogP contribution >= 0.6 is 0 Å². The fourth-order valence-electron chi connectivity index (χ4n) is 2.47. The predicted molar refractivity (Wildman–Crippen MR) is 78.5 cm³/mol. The van der Waals surface area contributed by atoms with Gasteiger partial charge in [0.2, 0.25) is 0 Å². The van der Waals surface area contributed by atoms with Gasteiger partial charge in [0.1, 0.15) is 18.3 Å². The van der Waals surface area contributed by atoms with E-state index in [9.17, 15) is 15.3 Å². The van der Waals surface area contributed by atoms with E-state index in [0.29, 0.717) is 17.8 Å². The average molecular weight is 325 g/mol. The summed E-state index contributed by atoms with van der Waals surface area (Å²) in [5.74, 6) is 0.145. The molecule has 0 saturated carbocycles. The van der Waals surface area contributed by atoms with Crippen molar-refractivity contribution < 1.29 is 24.8 Å². The smallest absolute Gasteiger partial charge is 0.320 e. The summed E-state index contributed by atoms with van der Waals surface area (Å²) in [6, 6.07) is 0.102. The Morgan fingerprint density at radius 1 is 1.35 bits per heavy atom. The van der Waals surface area contributed by atoms with Crippen molar-refractivity contribution in [1.29, 1.82) is 0 Å². The van der Waals surface area contributed by atoms with E-state index in [0.717, 1.165) is 6.42 Å². The molecule has 2 aromatic rings. The first-order valence-corrected chi connectivity index (χ1v) is 7.32. The van der Waals surface area contributed by atoms with Crippen molar-refractivity contribution in [3.63, 3.8) is 0 Å². The van der Waals surface area contributed by atoms with E-state index >= 15 is 0 Å². The summed E-state index contributed by atoms with van der Waals surface area (Å²) in [4.78, 5) is 12.4. The van der Waals surface area contributed by atoms with E-state index < -0.39 is 31.1 Å². The average Bonchev–Trinajstić information content (AvgIpc) is 3.08. The summed E-state index contributed by atoms with van der Waals surface area (Å²) in [5.41, 5.74) is 6.51. The first kappa shape index (κ1) is 15.9. The third kappa shape index (κ3) is 2.70. The molecule has 0 aliphatic carbocycles. The summed E-state index contributed by atoms with van der Waals surface area (Å²) in [6.45, 7) is 1.97. The van der Waals surface area contributed by atoms with Crippen LogP contribution in [0.4, 0.5) is 5.82 Å². The zero-order valence-electron chi connectivity index (χ0n) is 12.5. The molecule has 0 amide bonds. The van der Waals surface area contributed by atoms with Crippen LogP contribution in [0.2, 0.25) is 0 Å². The minimum absolute atomic E-state index is 0.102. The molecule has 0 spiro atoms. The second-order valence-corrected chi connectivity index (χ2v) is 5.29. The zero-order valence-corrected chi connectivity index (χ0v) is 12.5. The van der Waals surface area contributed by atoms with Crippen LogP contribution in [0.1, 0.15) is 19.6 Å². The third-order valence-corrected chi connectivity index (χ3v) is 3.65. The zero-order chi connectivity index (χ0) is 16.6. The molecule has 23 heavy (non-hydrogen) atoms. The van der Waals surface area contributed by atoms with Gasteiger partial charge in [0, 0.05) is 0 Å². The molecule has 0 aromatic carbocycles. The Hall–Kier alpha value is -2.01. The highest BCUT2D eigenvalue weighted by molar-refractivity contribution is 5.82. The van der Waals surface area contributed by atoms with Crippen LogP contribution in [-0.4, -0.2) is 66.4 Å². The van der Waals surface area contributed by atoms with Crippen LogP contribution in [-0.2, 0) is 4.74 Å². The van der Waals surface area contributed by atoms with Crippen LogP contribution < -0.4 is 10.5 Å². The van der Waals surface area contributed by atoms with E-state index in [4.69, 9.17) is 15.2 Å². The van der Waals surface area contributed by atoms with Gasteiger partial charge in [-0.2, -0.15) is 9.97 Å². The minimum Gasteiger partial charge on any atom is -0.463 e. The third-order valence-electron chi connectivity index (χ3n) is 3.65. The van der Waals surface area contributed by atoms with Crippen molar-refractivity contribution in [2.24, 2.45) is 0 Å². The van der Waals surface area contributed by atoms with Gasteiger partial charge < -0.3 is 30.5 Å². The molecular weight excluding hydrogens is 306 g/mol. The molecule has 1 aliphatic heterocycles. The molecule has 1 unspecified atom stereocenters. The summed E-state index contributed by atoms with van der Waals surface area (Å²) in [6.07, 6.45) is -2.10. The Bertz CT molecular complexity index is 693. The van der Waals surface area contributed by atoms with Gasteiger partial charge in [0.15, 0.2) is 23.2 Å². The lowest BCUT2D eigenvalue weighted by atomic mass is 10.1. The number of nitrogens with two attached hydrogens (primary N) is 1. The molecule has 0 radical (unpaired) electrons. The van der Waals surface area contributed by atoms with E-state index in [1.165, 1.54) is 10.9 Å². The lowest BCUT2D eigenvalue weighted by Gasteiger charge is -2.16. The molecule has 2 aromatic heterocycles. The number of rotatable bonds is 5. The number of fused-ring (bicyclic) bond motifs is 1. The Kier molecular flexibility index (Phi) is 4.31. The fraction of sp³-hybridized carbons (Fsp3) is 0.615. The van der Waals surface area contributed by atoms with Gasteiger partial charge in [-0.15, -0.1) is 0 Å². The number of nitrogen functional groups attached to an aromatic ring is 1. The monoisotopic (exact) mass is 325 g/mol. The number of ether oxygens (including phenoxy) is 2. The van der Waals surface area contributed by atoms with E-state index in [-0.39, 0.29) is 11.8 Å². The van der Waals surface area contributed by atoms with Gasteiger partial charge >= 0.3 is 6.01 Å². The summed E-state index contributed by atoms with van der Waals surface area (Å²) >= 11 is 0. The van der Waals surface area contributed by atoms with Crippen LogP contribution in [0.5, 0.6) is 6.01 Å². The van der Waals surface area contributed by atoms with Crippen LogP contribution in [0, 0.1) is 0 Å². The molecule has 1 saturated heterocycles. The van der Waals surface area contributed by atoms with Crippen molar-refractivity contribution >= 4 is 17.0 Å². The highest BCUT2D eigenvalue weighted by Crippen LogP contribution is 2.32. The molecule has 1 aliphatic rings. The molecule has 1 fully saturated rings. The van der Waals surface area contributed by atoms with E-state index in [1.807, 2.05) is 6.92 Å². The summed E-state index contributed by atoms with van der Waals surface area (Å²) < 4.78 is 12.3. The Labute approximate surface area is 131 Å². The number of hydrogen-bond acceptors (Lipinski definition) is 9. The molecule has 5 N–H and O–H groups in total. The van der Waals surface area contributed by atoms with Crippen molar-refractivity contribution in [3.05, 3.63) is 6.33 Å².